The third-order valence-corrected chi connectivity index (χ3v) is 3.01. The Morgan fingerprint density at radius 2 is 1.95 bits per heavy atom. The van der Waals surface area contributed by atoms with Gasteiger partial charge in [-0.2, -0.15) is 5.10 Å². The minimum Gasteiger partial charge on any atom is -0.381 e. The highest BCUT2D eigenvalue weighted by Gasteiger charge is 2.19. The van der Waals surface area contributed by atoms with Crippen molar-refractivity contribution in [2.24, 2.45) is 5.10 Å². The van der Waals surface area contributed by atoms with E-state index in [1.165, 1.54) is 12.1 Å². The molecule has 1 heterocycles. The number of hydrogen-bond acceptors (Lipinski definition) is 7. The Kier molecular flexibility index (Phi) is 4.77. The summed E-state index contributed by atoms with van der Waals surface area (Å²) in [7, 11) is 0. The van der Waals surface area contributed by atoms with Crippen LogP contribution in [0.3, 0.4) is 0 Å². The first-order chi connectivity index (χ1) is 10.1. The van der Waals surface area contributed by atoms with Gasteiger partial charge in [-0.3, -0.25) is 25.7 Å². The number of hydrazone groups is 1. The van der Waals surface area contributed by atoms with Gasteiger partial charge >= 0.3 is 5.69 Å². The molecule has 1 aromatic carbocycles. The largest absolute Gasteiger partial charge is 0.381 e. The van der Waals surface area contributed by atoms with Gasteiger partial charge in [0.2, 0.25) is 0 Å². The minimum absolute atomic E-state index is 0.128. The molecule has 0 spiro atoms. The fourth-order valence-corrected chi connectivity index (χ4v) is 1.93. The molecule has 112 valence electrons. The lowest BCUT2D eigenvalue weighted by Crippen LogP contribution is -2.04. The molecule has 0 bridgehead atoms. The normalized spacial score (nSPS) is 17.2. The van der Waals surface area contributed by atoms with E-state index in [2.05, 4.69) is 10.5 Å². The van der Waals surface area contributed by atoms with E-state index in [0.29, 0.717) is 19.6 Å². The highest BCUT2D eigenvalue weighted by Crippen LogP contribution is 2.29. The second kappa shape index (κ2) is 6.75. The number of nitrogens with one attached hydrogen (secondary N) is 1. The van der Waals surface area contributed by atoms with Crippen molar-refractivity contribution in [2.45, 2.75) is 19.3 Å². The van der Waals surface area contributed by atoms with Crippen LogP contribution in [0.25, 0.3) is 0 Å². The van der Waals surface area contributed by atoms with E-state index in [1.807, 2.05) is 0 Å². The Labute approximate surface area is 119 Å². The fraction of sp³-hybridized carbons (Fsp3) is 0.417. The smallest absolute Gasteiger partial charge is 0.301 e. The molecule has 0 unspecified atom stereocenters. The molecule has 0 aromatic heterocycles. The van der Waals surface area contributed by atoms with Crippen molar-refractivity contribution in [1.29, 1.82) is 0 Å². The molecule has 1 aliphatic heterocycles. The summed E-state index contributed by atoms with van der Waals surface area (Å²) in [4.78, 5) is 20.3. The summed E-state index contributed by atoms with van der Waals surface area (Å²) in [5, 5.41) is 25.8. The van der Waals surface area contributed by atoms with Crippen LogP contribution in [-0.4, -0.2) is 28.8 Å². The summed E-state index contributed by atoms with van der Waals surface area (Å²) in [6, 6.07) is 3.40. The van der Waals surface area contributed by atoms with Crippen LogP contribution in [0.5, 0.6) is 0 Å². The molecule has 0 amide bonds. The predicted octanol–water partition coefficient (Wildman–Crippen LogP) is 2.47. The van der Waals surface area contributed by atoms with Crippen molar-refractivity contribution in [3.8, 4) is 0 Å². The standard InChI is InChI=1S/C12H14N4O5/c17-15(18)10-3-4-11(12(8-10)16(19)20)14-13-9-2-1-6-21-7-5-9/h3-4,8,14H,1-2,5-7H2. The molecule has 0 radical (unpaired) electrons. The number of ether oxygens (including phenoxy) is 1. The Morgan fingerprint density at radius 1 is 1.14 bits per heavy atom. The first-order valence-corrected chi connectivity index (χ1v) is 6.40. The summed E-state index contributed by atoms with van der Waals surface area (Å²) < 4.78 is 5.29. The van der Waals surface area contributed by atoms with Gasteiger partial charge in [0.15, 0.2) is 0 Å². The van der Waals surface area contributed by atoms with Crippen molar-refractivity contribution in [2.75, 3.05) is 18.6 Å². The van der Waals surface area contributed by atoms with Crippen molar-refractivity contribution in [3.05, 3.63) is 38.4 Å². The van der Waals surface area contributed by atoms with E-state index in [9.17, 15) is 20.2 Å². The van der Waals surface area contributed by atoms with E-state index in [-0.39, 0.29) is 17.1 Å². The Hall–Kier alpha value is -2.55. The molecule has 1 N–H and O–H groups in total. The van der Waals surface area contributed by atoms with Crippen molar-refractivity contribution >= 4 is 22.8 Å². The van der Waals surface area contributed by atoms with Crippen LogP contribution in [-0.2, 0) is 4.74 Å². The number of anilines is 1. The molecule has 0 aliphatic carbocycles. The van der Waals surface area contributed by atoms with Gasteiger partial charge in [-0.05, 0) is 18.9 Å². The number of nitro benzene ring substituents is 2. The van der Waals surface area contributed by atoms with Gasteiger partial charge in [-0.25, -0.2) is 0 Å². The van der Waals surface area contributed by atoms with Gasteiger partial charge in [0.1, 0.15) is 5.69 Å². The summed E-state index contributed by atoms with van der Waals surface area (Å²) in [5.74, 6) is 0. The second-order valence-electron chi connectivity index (χ2n) is 4.47. The molecular weight excluding hydrogens is 280 g/mol. The predicted molar refractivity (Wildman–Crippen MR) is 75.5 cm³/mol. The third kappa shape index (κ3) is 3.96. The van der Waals surface area contributed by atoms with Crippen LogP contribution in [0.15, 0.2) is 23.3 Å². The molecule has 9 heteroatoms. The molecule has 1 aromatic rings. The van der Waals surface area contributed by atoms with Gasteiger partial charge in [0.05, 0.1) is 22.5 Å². The number of rotatable bonds is 4. The van der Waals surface area contributed by atoms with E-state index in [0.717, 1.165) is 24.6 Å². The summed E-state index contributed by atoms with van der Waals surface area (Å²) in [5.41, 5.74) is 2.91. The lowest BCUT2D eigenvalue weighted by Gasteiger charge is -2.05. The summed E-state index contributed by atoms with van der Waals surface area (Å²) >= 11 is 0. The maximum Gasteiger partial charge on any atom is 0.301 e. The van der Waals surface area contributed by atoms with E-state index in [4.69, 9.17) is 4.74 Å². The number of nitrogens with zero attached hydrogens (tertiary/aromatic N) is 3. The second-order valence-corrected chi connectivity index (χ2v) is 4.47. The Bertz CT molecular complexity index is 577. The molecule has 1 aliphatic rings. The van der Waals surface area contributed by atoms with Gasteiger partial charge in [0.25, 0.3) is 5.69 Å². The molecule has 0 atom stereocenters. The molecule has 21 heavy (non-hydrogen) atoms. The zero-order chi connectivity index (χ0) is 15.2. The molecule has 1 saturated heterocycles. The van der Waals surface area contributed by atoms with E-state index >= 15 is 0 Å². The molecule has 2 rings (SSSR count). The van der Waals surface area contributed by atoms with Crippen molar-refractivity contribution in [1.82, 2.24) is 0 Å². The third-order valence-electron chi connectivity index (χ3n) is 3.01. The van der Waals surface area contributed by atoms with Crippen LogP contribution in [0.1, 0.15) is 19.3 Å². The fourth-order valence-electron chi connectivity index (χ4n) is 1.93. The van der Waals surface area contributed by atoms with Crippen LogP contribution in [0.2, 0.25) is 0 Å². The van der Waals surface area contributed by atoms with Crippen LogP contribution in [0.4, 0.5) is 17.1 Å². The highest BCUT2D eigenvalue weighted by molar-refractivity contribution is 5.85. The number of benzene rings is 1. The van der Waals surface area contributed by atoms with Crippen molar-refractivity contribution < 1.29 is 14.6 Å². The first kappa shape index (κ1) is 14.9. The highest BCUT2D eigenvalue weighted by atomic mass is 16.6. The summed E-state index contributed by atoms with van der Waals surface area (Å²) in [6.07, 6.45) is 2.27. The lowest BCUT2D eigenvalue weighted by molar-refractivity contribution is -0.393. The maximum absolute atomic E-state index is 11.0. The summed E-state index contributed by atoms with van der Waals surface area (Å²) in [6.45, 7) is 1.25. The average Bonchev–Trinajstić information content (AvgIpc) is 2.73. The average molecular weight is 294 g/mol. The quantitative estimate of drug-likeness (QED) is 0.672. The number of non-ortho nitro benzene ring substituents is 1. The molecule has 0 saturated carbocycles. The van der Waals surface area contributed by atoms with Gasteiger partial charge < -0.3 is 4.74 Å². The Morgan fingerprint density at radius 3 is 2.67 bits per heavy atom. The van der Waals surface area contributed by atoms with Crippen LogP contribution < -0.4 is 5.43 Å². The van der Waals surface area contributed by atoms with Crippen molar-refractivity contribution in [3.63, 3.8) is 0 Å². The zero-order valence-electron chi connectivity index (χ0n) is 11.2. The topological polar surface area (TPSA) is 120 Å². The molecular formula is C12H14N4O5. The zero-order valence-corrected chi connectivity index (χ0v) is 11.2. The van der Waals surface area contributed by atoms with Crippen LogP contribution in [0, 0.1) is 20.2 Å². The SMILES string of the molecule is O=[N+]([O-])c1ccc(NN=C2CCCOCC2)c([N+](=O)[O-])c1. The van der Waals surface area contributed by atoms with E-state index in [1.54, 1.807) is 0 Å². The monoisotopic (exact) mass is 294 g/mol. The maximum atomic E-state index is 11.0. The molecule has 1 fully saturated rings. The van der Waals surface area contributed by atoms with Gasteiger partial charge in [-0.15, -0.1) is 0 Å². The van der Waals surface area contributed by atoms with Gasteiger partial charge in [-0.1, -0.05) is 0 Å². The van der Waals surface area contributed by atoms with E-state index < -0.39 is 9.85 Å². The van der Waals surface area contributed by atoms with Gasteiger partial charge in [0, 0.05) is 24.8 Å². The molecule has 9 nitrogen and oxygen atoms in total. The number of hydrogen-bond donors (Lipinski definition) is 1. The van der Waals surface area contributed by atoms with Crippen LogP contribution >= 0.6 is 0 Å². The lowest BCUT2D eigenvalue weighted by atomic mass is 10.2. The minimum atomic E-state index is -0.675. The number of nitro groups is 2. The Balaban J connectivity index is 2.20. The first-order valence-electron chi connectivity index (χ1n) is 6.40.